The van der Waals surface area contributed by atoms with Crippen LogP contribution >= 0.6 is 11.6 Å². The van der Waals surface area contributed by atoms with Crippen LogP contribution in [-0.2, 0) is 22.5 Å². The van der Waals surface area contributed by atoms with Crippen molar-refractivity contribution in [1.29, 1.82) is 0 Å². The van der Waals surface area contributed by atoms with Gasteiger partial charge in [-0.3, -0.25) is 9.36 Å². The molecular formula is C24H24ClN3O3. The van der Waals surface area contributed by atoms with Crippen LogP contribution in [0.5, 0.6) is 0 Å². The van der Waals surface area contributed by atoms with E-state index >= 15 is 0 Å². The van der Waals surface area contributed by atoms with E-state index in [1.807, 2.05) is 24.3 Å². The van der Waals surface area contributed by atoms with Crippen molar-refractivity contribution in [2.75, 3.05) is 6.61 Å². The number of ether oxygens (including phenoxy) is 1. The molecule has 1 atom stereocenters. The molecule has 160 valence electrons. The summed E-state index contributed by atoms with van der Waals surface area (Å²) >= 11 is 6.00. The minimum Gasteiger partial charge on any atom is -0.373 e. The third-order valence-electron chi connectivity index (χ3n) is 5.99. The van der Waals surface area contributed by atoms with E-state index in [4.69, 9.17) is 16.3 Å². The maximum atomic E-state index is 13.0. The number of hydrogen-bond donors (Lipinski definition) is 0. The van der Waals surface area contributed by atoms with E-state index in [9.17, 15) is 9.59 Å². The number of Topliss-reactive ketones (excluding diaryl/α,β-unsaturated/α-hetero) is 1. The van der Waals surface area contributed by atoms with Crippen molar-refractivity contribution in [2.24, 2.45) is 0 Å². The number of nitrogens with zero attached hydrogens (tertiary/aromatic N) is 3. The molecule has 0 spiro atoms. The second kappa shape index (κ2) is 8.44. The number of carbonyl (C=O) groups excluding carboxylic acids is 1. The summed E-state index contributed by atoms with van der Waals surface area (Å²) in [5.74, 6) is 0.582. The van der Waals surface area contributed by atoms with Gasteiger partial charge in [-0.15, -0.1) is 5.10 Å². The Morgan fingerprint density at radius 2 is 1.90 bits per heavy atom. The molecule has 2 aliphatic rings. The van der Waals surface area contributed by atoms with E-state index in [0.717, 1.165) is 24.8 Å². The van der Waals surface area contributed by atoms with Crippen molar-refractivity contribution < 1.29 is 9.53 Å². The minimum absolute atomic E-state index is 0.0168. The van der Waals surface area contributed by atoms with Crippen LogP contribution in [0.1, 0.15) is 49.0 Å². The number of benzene rings is 2. The molecule has 1 aliphatic carbocycles. The van der Waals surface area contributed by atoms with Gasteiger partial charge in [0.2, 0.25) is 0 Å². The lowest BCUT2D eigenvalue weighted by Gasteiger charge is -2.25. The highest BCUT2D eigenvalue weighted by Crippen LogP contribution is 2.36. The molecule has 1 aliphatic heterocycles. The monoisotopic (exact) mass is 437 g/mol. The maximum absolute atomic E-state index is 13.0. The number of hydrogen-bond acceptors (Lipinski definition) is 4. The SMILES string of the molecule is O=C(CCC1OCCc2ccccc21)Cn1nc(-c2ccc(Cl)cc2)n(C2CC2)c1=O. The standard InChI is InChI=1S/C24H24ClN3O3/c25-18-7-5-17(6-8-18)23-26-27(24(30)28(23)19-9-10-19)15-20(29)11-12-22-21-4-2-1-3-16(21)13-14-31-22/h1-8,19,22H,9-15H2. The minimum atomic E-state index is -0.222. The fraction of sp³-hybridized carbons (Fsp3) is 0.375. The molecule has 0 bridgehead atoms. The van der Waals surface area contributed by atoms with Gasteiger partial charge in [0.05, 0.1) is 12.7 Å². The molecule has 1 aromatic heterocycles. The van der Waals surface area contributed by atoms with Gasteiger partial charge in [0, 0.05) is 23.0 Å². The molecule has 3 aromatic rings. The summed E-state index contributed by atoms with van der Waals surface area (Å²) in [5.41, 5.74) is 3.06. The molecule has 7 heteroatoms. The van der Waals surface area contributed by atoms with Crippen LogP contribution in [0, 0.1) is 0 Å². The number of carbonyl (C=O) groups is 1. The molecule has 6 nitrogen and oxygen atoms in total. The molecular weight excluding hydrogens is 414 g/mol. The predicted octanol–water partition coefficient (Wildman–Crippen LogP) is 4.36. The summed E-state index contributed by atoms with van der Waals surface area (Å²) in [6.07, 6.45) is 3.70. The fourth-order valence-electron chi connectivity index (χ4n) is 4.23. The van der Waals surface area contributed by atoms with Gasteiger partial charge < -0.3 is 4.74 Å². The Hall–Kier alpha value is -2.70. The van der Waals surface area contributed by atoms with Gasteiger partial charge in [0.25, 0.3) is 0 Å². The van der Waals surface area contributed by atoms with Crippen molar-refractivity contribution in [3.63, 3.8) is 0 Å². The molecule has 1 saturated carbocycles. The molecule has 0 amide bonds. The number of aromatic nitrogens is 3. The van der Waals surface area contributed by atoms with Gasteiger partial charge in [-0.2, -0.15) is 0 Å². The lowest BCUT2D eigenvalue weighted by Crippen LogP contribution is -2.27. The molecule has 1 unspecified atom stereocenters. The Morgan fingerprint density at radius 1 is 1.13 bits per heavy atom. The van der Waals surface area contributed by atoms with Crippen LogP contribution in [-0.4, -0.2) is 26.7 Å². The summed E-state index contributed by atoms with van der Waals surface area (Å²) in [6.45, 7) is 0.652. The van der Waals surface area contributed by atoms with Crippen molar-refractivity contribution in [1.82, 2.24) is 14.3 Å². The van der Waals surface area contributed by atoms with E-state index in [0.29, 0.717) is 30.3 Å². The van der Waals surface area contributed by atoms with Gasteiger partial charge in [-0.1, -0.05) is 35.9 Å². The Morgan fingerprint density at radius 3 is 2.68 bits per heavy atom. The van der Waals surface area contributed by atoms with E-state index in [2.05, 4.69) is 17.2 Å². The van der Waals surface area contributed by atoms with Crippen molar-refractivity contribution in [2.45, 2.75) is 50.8 Å². The summed E-state index contributed by atoms with van der Waals surface area (Å²) in [6, 6.07) is 15.7. The van der Waals surface area contributed by atoms with Crippen LogP contribution in [0.2, 0.25) is 5.02 Å². The fourth-order valence-corrected chi connectivity index (χ4v) is 4.36. The molecule has 2 aromatic carbocycles. The quantitative estimate of drug-likeness (QED) is 0.550. The summed E-state index contributed by atoms with van der Waals surface area (Å²) in [7, 11) is 0. The highest BCUT2D eigenvalue weighted by Gasteiger charge is 2.31. The summed E-state index contributed by atoms with van der Waals surface area (Å²) in [4.78, 5) is 25.7. The average molecular weight is 438 g/mol. The average Bonchev–Trinajstić information content (AvgIpc) is 3.57. The van der Waals surface area contributed by atoms with Crippen LogP contribution in [0.25, 0.3) is 11.4 Å². The van der Waals surface area contributed by atoms with Gasteiger partial charge in [-0.05, 0) is 61.1 Å². The molecule has 0 saturated heterocycles. The summed E-state index contributed by atoms with van der Waals surface area (Å²) in [5, 5.41) is 5.14. The van der Waals surface area contributed by atoms with Crippen molar-refractivity contribution in [3.8, 4) is 11.4 Å². The highest BCUT2D eigenvalue weighted by molar-refractivity contribution is 6.30. The molecule has 0 radical (unpaired) electrons. The number of halogens is 1. The first-order chi connectivity index (χ1) is 15.1. The zero-order valence-corrected chi connectivity index (χ0v) is 17.9. The lowest BCUT2D eigenvalue weighted by atomic mass is 9.94. The topological polar surface area (TPSA) is 66.1 Å². The van der Waals surface area contributed by atoms with Gasteiger partial charge >= 0.3 is 5.69 Å². The maximum Gasteiger partial charge on any atom is 0.346 e. The largest absolute Gasteiger partial charge is 0.373 e. The molecule has 5 rings (SSSR count). The Kier molecular flexibility index (Phi) is 5.50. The van der Waals surface area contributed by atoms with Gasteiger partial charge in [-0.25, -0.2) is 9.48 Å². The van der Waals surface area contributed by atoms with Crippen LogP contribution in [0.3, 0.4) is 0 Å². The van der Waals surface area contributed by atoms with Crippen LogP contribution in [0.15, 0.2) is 53.3 Å². The van der Waals surface area contributed by atoms with Crippen LogP contribution < -0.4 is 5.69 Å². The molecule has 31 heavy (non-hydrogen) atoms. The first kappa shape index (κ1) is 20.2. The first-order valence-corrected chi connectivity index (χ1v) is 11.1. The highest BCUT2D eigenvalue weighted by atomic mass is 35.5. The Labute approximate surface area is 185 Å². The Balaban J connectivity index is 1.31. The van der Waals surface area contributed by atoms with E-state index in [1.54, 1.807) is 16.7 Å². The zero-order valence-electron chi connectivity index (χ0n) is 17.2. The van der Waals surface area contributed by atoms with Crippen molar-refractivity contribution in [3.05, 3.63) is 75.2 Å². The smallest absolute Gasteiger partial charge is 0.346 e. The van der Waals surface area contributed by atoms with Gasteiger partial charge in [0.1, 0.15) is 6.54 Å². The molecule has 0 N–H and O–H groups in total. The third kappa shape index (κ3) is 4.23. The zero-order chi connectivity index (χ0) is 21.4. The van der Waals surface area contributed by atoms with E-state index in [-0.39, 0.29) is 30.2 Å². The van der Waals surface area contributed by atoms with Crippen molar-refractivity contribution >= 4 is 17.4 Å². The second-order valence-electron chi connectivity index (χ2n) is 8.26. The normalized spacial score (nSPS) is 18.0. The van der Waals surface area contributed by atoms with E-state index in [1.165, 1.54) is 15.8 Å². The number of fused-ring (bicyclic) bond motifs is 1. The second-order valence-corrected chi connectivity index (χ2v) is 8.69. The van der Waals surface area contributed by atoms with Gasteiger partial charge in [0.15, 0.2) is 11.6 Å². The summed E-state index contributed by atoms with van der Waals surface area (Å²) < 4.78 is 8.93. The third-order valence-corrected chi connectivity index (χ3v) is 6.24. The molecule has 1 fully saturated rings. The predicted molar refractivity (Wildman–Crippen MR) is 118 cm³/mol. The van der Waals surface area contributed by atoms with E-state index < -0.39 is 0 Å². The lowest BCUT2D eigenvalue weighted by molar-refractivity contribution is -0.120. The number of ketones is 1. The van der Waals surface area contributed by atoms with Crippen LogP contribution in [0.4, 0.5) is 0 Å². The number of rotatable bonds is 7. The molecule has 2 heterocycles. The first-order valence-electron chi connectivity index (χ1n) is 10.8. The Bertz CT molecular complexity index is 1160.